The number of para-hydroxylation sites is 1. The summed E-state index contributed by atoms with van der Waals surface area (Å²) in [5.41, 5.74) is 1.14. The Morgan fingerprint density at radius 1 is 1.25 bits per heavy atom. The van der Waals surface area contributed by atoms with E-state index in [1.165, 1.54) is 6.07 Å². The van der Waals surface area contributed by atoms with E-state index in [0.29, 0.717) is 23.6 Å². The molecule has 1 unspecified atom stereocenters. The number of nitrogens with one attached hydrogen (secondary N) is 1. The highest BCUT2D eigenvalue weighted by Gasteiger charge is 2.40. The molecule has 166 valence electrons. The molecular weight excluding hydrogens is 427 g/mol. The van der Waals surface area contributed by atoms with Crippen molar-refractivity contribution in [3.63, 3.8) is 0 Å². The van der Waals surface area contributed by atoms with Crippen LogP contribution in [-0.4, -0.2) is 41.9 Å². The maximum atomic E-state index is 13.1. The predicted molar refractivity (Wildman–Crippen MR) is 106 cm³/mol. The van der Waals surface area contributed by atoms with Crippen molar-refractivity contribution in [1.29, 1.82) is 0 Å². The van der Waals surface area contributed by atoms with Crippen LogP contribution in [-0.2, 0) is 20.7 Å². The zero-order chi connectivity index (χ0) is 23.0. The van der Waals surface area contributed by atoms with Gasteiger partial charge in [-0.2, -0.15) is 0 Å². The summed E-state index contributed by atoms with van der Waals surface area (Å²) in [4.78, 5) is 36.5. The Balaban J connectivity index is 1.50. The lowest BCUT2D eigenvalue weighted by molar-refractivity contribution is -0.127. The molecule has 2 atom stereocenters. The van der Waals surface area contributed by atoms with E-state index in [9.17, 15) is 28.2 Å². The molecule has 2 aromatic carbocycles. The quantitative estimate of drug-likeness (QED) is 0.536. The minimum absolute atomic E-state index is 0.0214. The van der Waals surface area contributed by atoms with Crippen LogP contribution in [0, 0.1) is 0 Å². The van der Waals surface area contributed by atoms with Crippen molar-refractivity contribution in [2.24, 2.45) is 0 Å². The molecule has 2 heterocycles. The summed E-state index contributed by atoms with van der Waals surface area (Å²) in [5.74, 6) is -6.54. The van der Waals surface area contributed by atoms with Crippen LogP contribution in [0.3, 0.4) is 0 Å². The third-order valence-corrected chi connectivity index (χ3v) is 5.02. The second kappa shape index (κ2) is 8.23. The molecule has 8 nitrogen and oxygen atoms in total. The molecule has 11 heteroatoms. The van der Waals surface area contributed by atoms with Gasteiger partial charge in [-0.15, -0.1) is 0 Å². The molecule has 0 saturated carbocycles. The smallest absolute Gasteiger partial charge is 0.534 e. The van der Waals surface area contributed by atoms with Gasteiger partial charge in [-0.1, -0.05) is 30.3 Å². The zero-order valence-electron chi connectivity index (χ0n) is 16.8. The third kappa shape index (κ3) is 4.42. The highest BCUT2D eigenvalue weighted by molar-refractivity contribution is 6.47. The Hall–Kier alpha value is -3.47. The molecule has 0 aromatic heterocycles. The number of halogens is 2. The Morgan fingerprint density at radius 3 is 2.75 bits per heavy atom. The first-order chi connectivity index (χ1) is 15.1. The Kier molecular flexibility index (Phi) is 5.60. The Morgan fingerprint density at radius 2 is 2.00 bits per heavy atom. The second-order valence-corrected chi connectivity index (χ2v) is 7.66. The first-order valence-electron chi connectivity index (χ1n) is 9.77. The fraction of sp³-hybridized carbons (Fsp3) is 0.286. The molecule has 2 N–H and O–H groups in total. The van der Waals surface area contributed by atoms with E-state index in [-0.39, 0.29) is 17.7 Å². The van der Waals surface area contributed by atoms with Crippen LogP contribution < -0.4 is 9.97 Å². The number of carbonyl (C=O) groups excluding carboxylic acids is 3. The molecule has 0 saturated heterocycles. The zero-order valence-corrected chi connectivity index (χ0v) is 16.8. The number of cyclic esters (lactones) is 1. The number of esters is 2. The minimum Gasteiger partial charge on any atom is -0.534 e. The van der Waals surface area contributed by atoms with E-state index < -0.39 is 49.5 Å². The van der Waals surface area contributed by atoms with Crippen LogP contribution >= 0.6 is 0 Å². The molecule has 32 heavy (non-hydrogen) atoms. The highest BCUT2D eigenvalue weighted by Crippen LogP contribution is 2.35. The van der Waals surface area contributed by atoms with Crippen molar-refractivity contribution in [2.75, 3.05) is 0 Å². The van der Waals surface area contributed by atoms with E-state index >= 15 is 0 Å². The van der Waals surface area contributed by atoms with Gasteiger partial charge in [0.2, 0.25) is 5.91 Å². The monoisotopic (exact) mass is 445 g/mol. The molecule has 0 aliphatic carbocycles. The summed E-state index contributed by atoms with van der Waals surface area (Å²) < 4.78 is 42.0. The Labute approximate surface area is 181 Å². The number of hydrogen-bond acceptors (Lipinski definition) is 7. The average Bonchev–Trinajstić information content (AvgIpc) is 3.02. The van der Waals surface area contributed by atoms with E-state index in [0.717, 1.165) is 0 Å². The summed E-state index contributed by atoms with van der Waals surface area (Å²) in [6, 6.07) is 11.1. The number of ether oxygens (including phenoxy) is 2. The van der Waals surface area contributed by atoms with Crippen LogP contribution in [0.4, 0.5) is 8.78 Å². The lowest BCUT2D eigenvalue weighted by Crippen LogP contribution is -2.53. The molecule has 0 fully saturated rings. The second-order valence-electron chi connectivity index (χ2n) is 7.66. The molecule has 2 aromatic rings. The first-order valence-corrected chi connectivity index (χ1v) is 9.77. The van der Waals surface area contributed by atoms with Gasteiger partial charge < -0.3 is 24.5 Å². The van der Waals surface area contributed by atoms with Crippen LogP contribution in [0.25, 0.3) is 0 Å². The van der Waals surface area contributed by atoms with Gasteiger partial charge in [0.05, 0.1) is 17.9 Å². The normalized spacial score (nSPS) is 19.4. The molecular formula is C21H18BF2NO7. The van der Waals surface area contributed by atoms with Crippen molar-refractivity contribution in [1.82, 2.24) is 5.32 Å². The summed E-state index contributed by atoms with van der Waals surface area (Å²) in [6.07, 6.45) is -2.21. The topological polar surface area (TPSA) is 111 Å². The van der Waals surface area contributed by atoms with Gasteiger partial charge >= 0.3 is 19.1 Å². The fourth-order valence-electron chi connectivity index (χ4n) is 3.61. The SMILES string of the molecule is CC(F)(F)CC(=O)N[C@H]1Cc2cccc(C(=O)OC3OC(=O)c4ccccc43)c2OB1O. The maximum Gasteiger partial charge on any atom is 0.547 e. The van der Waals surface area contributed by atoms with Gasteiger partial charge in [0.15, 0.2) is 0 Å². The standard InChI is InChI=1S/C21H18BF2NO7/c1-21(23,24)10-16(26)25-15-9-11-5-4-8-14(17(11)32-22(15)29)19(28)31-20-13-7-3-2-6-12(13)18(27)30-20/h2-8,15,20,29H,9-10H2,1H3,(H,25,26)/t15-,20?/m0/s1. The lowest BCUT2D eigenvalue weighted by atomic mass is 9.72. The van der Waals surface area contributed by atoms with Crippen molar-refractivity contribution in [3.8, 4) is 5.75 Å². The highest BCUT2D eigenvalue weighted by atomic mass is 19.3. The van der Waals surface area contributed by atoms with E-state index in [4.69, 9.17) is 14.1 Å². The van der Waals surface area contributed by atoms with Gasteiger partial charge in [-0.3, -0.25) is 4.79 Å². The van der Waals surface area contributed by atoms with Gasteiger partial charge in [0.25, 0.3) is 12.2 Å². The van der Waals surface area contributed by atoms with Gasteiger partial charge in [0, 0.05) is 5.56 Å². The molecule has 0 radical (unpaired) electrons. The average molecular weight is 445 g/mol. The lowest BCUT2D eigenvalue weighted by Gasteiger charge is -2.29. The van der Waals surface area contributed by atoms with Gasteiger partial charge in [-0.05, 0) is 31.0 Å². The van der Waals surface area contributed by atoms with Crippen LogP contribution in [0.1, 0.15) is 51.5 Å². The number of hydrogen-bond donors (Lipinski definition) is 2. The first kappa shape index (κ1) is 21.8. The summed E-state index contributed by atoms with van der Waals surface area (Å²) in [5, 5.41) is 12.6. The number of fused-ring (bicyclic) bond motifs is 2. The van der Waals surface area contributed by atoms with E-state index in [1.54, 1.807) is 36.4 Å². The fourth-order valence-corrected chi connectivity index (χ4v) is 3.61. The van der Waals surface area contributed by atoms with Gasteiger partial charge in [-0.25, -0.2) is 18.4 Å². The number of rotatable bonds is 5. The van der Waals surface area contributed by atoms with Crippen molar-refractivity contribution >= 4 is 25.0 Å². The number of carbonyl (C=O) groups is 3. The third-order valence-electron chi connectivity index (χ3n) is 5.02. The summed E-state index contributed by atoms with van der Waals surface area (Å²) in [6.45, 7) is 0.619. The van der Waals surface area contributed by atoms with Crippen LogP contribution in [0.5, 0.6) is 5.75 Å². The summed E-state index contributed by atoms with van der Waals surface area (Å²) >= 11 is 0. The molecule has 2 aliphatic rings. The van der Waals surface area contributed by atoms with Crippen molar-refractivity contribution < 1.29 is 42.3 Å². The largest absolute Gasteiger partial charge is 0.547 e. The minimum atomic E-state index is -3.19. The van der Waals surface area contributed by atoms with Crippen LogP contribution in [0.2, 0.25) is 0 Å². The van der Waals surface area contributed by atoms with Crippen molar-refractivity contribution in [3.05, 3.63) is 64.7 Å². The predicted octanol–water partition coefficient (Wildman–Crippen LogP) is 2.20. The Bertz CT molecular complexity index is 1090. The molecule has 1 amide bonds. The van der Waals surface area contributed by atoms with Crippen molar-refractivity contribution in [2.45, 2.75) is 37.9 Å². The molecule has 0 spiro atoms. The van der Waals surface area contributed by atoms with Gasteiger partial charge in [0.1, 0.15) is 11.3 Å². The van der Waals surface area contributed by atoms with Crippen LogP contribution in [0.15, 0.2) is 42.5 Å². The molecule has 4 rings (SSSR count). The number of amides is 1. The summed E-state index contributed by atoms with van der Waals surface area (Å²) in [7, 11) is -1.57. The van der Waals surface area contributed by atoms with E-state index in [1.807, 2.05) is 0 Å². The number of benzene rings is 2. The molecule has 2 aliphatic heterocycles. The van der Waals surface area contributed by atoms with E-state index in [2.05, 4.69) is 5.32 Å². The molecule has 0 bridgehead atoms. The number of alkyl halides is 2. The maximum absolute atomic E-state index is 13.1.